The molecule has 0 amide bonds. The molecule has 4 heterocycles. The minimum Gasteiger partial charge on any atom is -0.454 e. The van der Waals surface area contributed by atoms with Gasteiger partial charge in [0.05, 0.1) is 22.2 Å². The minimum absolute atomic E-state index is 0.711. The van der Waals surface area contributed by atoms with E-state index in [1.165, 1.54) is 43.4 Å². The van der Waals surface area contributed by atoms with Crippen LogP contribution in [0.3, 0.4) is 0 Å². The smallest absolute Gasteiger partial charge is 0.161 e. The first-order chi connectivity index (χ1) is 24.8. The Labute approximate surface area is 284 Å². The summed E-state index contributed by atoms with van der Waals surface area (Å²) in [7, 11) is 0. The van der Waals surface area contributed by atoms with Gasteiger partial charge in [0, 0.05) is 38.1 Å². The first-order valence-electron chi connectivity index (χ1n) is 17.0. The quantitative estimate of drug-likeness (QED) is 0.190. The molecule has 12 rings (SSSR count). The second-order valence-electron chi connectivity index (χ2n) is 13.4. The largest absolute Gasteiger partial charge is 0.454 e. The van der Waals surface area contributed by atoms with Gasteiger partial charge in [-0.15, -0.1) is 0 Å². The van der Waals surface area contributed by atoms with Crippen LogP contribution >= 0.6 is 0 Å². The van der Waals surface area contributed by atoms with Gasteiger partial charge in [-0.2, -0.15) is 0 Å². The molecule has 0 aliphatic rings. The van der Waals surface area contributed by atoms with Crippen LogP contribution in [0.2, 0.25) is 0 Å². The van der Waals surface area contributed by atoms with Crippen LogP contribution in [0.4, 0.5) is 0 Å². The van der Waals surface area contributed by atoms with Gasteiger partial charge in [-0.1, -0.05) is 115 Å². The first kappa shape index (κ1) is 26.2. The molecule has 4 nitrogen and oxygen atoms in total. The normalized spacial score (nSPS) is 12.4. The van der Waals surface area contributed by atoms with Crippen LogP contribution in [0, 0.1) is 0 Å². The van der Waals surface area contributed by atoms with E-state index in [2.05, 4.69) is 150 Å². The fourth-order valence-corrected chi connectivity index (χ4v) is 8.46. The molecule has 12 aromatic rings. The van der Waals surface area contributed by atoms with E-state index in [9.17, 15) is 0 Å². The van der Waals surface area contributed by atoms with Crippen LogP contribution < -0.4 is 0 Å². The van der Waals surface area contributed by atoms with Crippen molar-refractivity contribution >= 4 is 92.5 Å². The van der Waals surface area contributed by atoms with E-state index in [4.69, 9.17) is 14.4 Å². The molecule has 0 aliphatic heterocycles. The highest BCUT2D eigenvalue weighted by molar-refractivity contribution is 6.33. The molecular weight excluding hydrogens is 611 g/mol. The number of aromatic nitrogens is 3. The topological polar surface area (TPSA) is 43.3 Å². The predicted molar refractivity (Wildman–Crippen MR) is 207 cm³/mol. The molecule has 4 aromatic heterocycles. The van der Waals surface area contributed by atoms with Gasteiger partial charge in [0.25, 0.3) is 0 Å². The summed E-state index contributed by atoms with van der Waals surface area (Å²) < 4.78 is 9.19. The third-order valence-corrected chi connectivity index (χ3v) is 10.7. The van der Waals surface area contributed by atoms with E-state index >= 15 is 0 Å². The van der Waals surface area contributed by atoms with Gasteiger partial charge in [-0.05, 0) is 68.7 Å². The third-order valence-electron chi connectivity index (χ3n) is 10.7. The molecule has 0 unspecified atom stereocenters. The average molecular weight is 636 g/mol. The van der Waals surface area contributed by atoms with Crippen LogP contribution in [-0.2, 0) is 0 Å². The highest BCUT2D eigenvalue weighted by Crippen LogP contribution is 2.46. The van der Waals surface area contributed by atoms with Gasteiger partial charge in [0.2, 0.25) is 0 Å². The summed E-state index contributed by atoms with van der Waals surface area (Å²) in [6.07, 6.45) is 0. The first-order valence-corrected chi connectivity index (χ1v) is 17.0. The van der Waals surface area contributed by atoms with Gasteiger partial charge in [-0.25, -0.2) is 9.97 Å². The standard InChI is InChI=1S/C46H25N3O/c1-3-13-31-26(10-1)12-9-17-33(31)42-34-15-5-7-18-38(34)47-46(48-42)29-21-20-27-25-40-36(24-30(27)22-29)44-45(50-40)37-23-28-11-2-4-14-32(28)41-35-16-6-8-19-39(35)49(44)43(37)41/h1-25H. The summed E-state index contributed by atoms with van der Waals surface area (Å²) >= 11 is 0. The maximum Gasteiger partial charge on any atom is 0.161 e. The van der Waals surface area contributed by atoms with Gasteiger partial charge in [0.15, 0.2) is 11.4 Å². The highest BCUT2D eigenvalue weighted by Gasteiger charge is 2.24. The zero-order valence-electron chi connectivity index (χ0n) is 26.7. The predicted octanol–water partition coefficient (Wildman–Crippen LogP) is 12.3. The molecular formula is C46H25N3O. The van der Waals surface area contributed by atoms with Gasteiger partial charge >= 0.3 is 0 Å². The molecule has 0 radical (unpaired) electrons. The lowest BCUT2D eigenvalue weighted by Gasteiger charge is -2.12. The van der Waals surface area contributed by atoms with Crippen molar-refractivity contribution in [3.63, 3.8) is 0 Å². The maximum atomic E-state index is 6.76. The second-order valence-corrected chi connectivity index (χ2v) is 13.4. The SMILES string of the molecule is c1ccc2c(-c3nc(-c4ccc5cc6oc7c8cc9ccccc9c9c%10ccccc%10n(c7c6cc5c4)c89)nc4ccccc34)cccc2c1. The van der Waals surface area contributed by atoms with Crippen LogP contribution in [0.1, 0.15) is 0 Å². The minimum atomic E-state index is 0.711. The number of hydrogen-bond donors (Lipinski definition) is 0. The van der Waals surface area contributed by atoms with Crippen molar-refractivity contribution in [2.45, 2.75) is 0 Å². The molecule has 0 bridgehead atoms. The molecule has 230 valence electrons. The van der Waals surface area contributed by atoms with E-state index < -0.39 is 0 Å². The van der Waals surface area contributed by atoms with Crippen molar-refractivity contribution in [1.82, 2.24) is 14.4 Å². The van der Waals surface area contributed by atoms with Crippen LogP contribution in [0.15, 0.2) is 156 Å². The molecule has 0 fully saturated rings. The van der Waals surface area contributed by atoms with Crippen molar-refractivity contribution in [3.05, 3.63) is 152 Å². The van der Waals surface area contributed by atoms with Gasteiger partial charge < -0.3 is 8.82 Å². The lowest BCUT2D eigenvalue weighted by Crippen LogP contribution is -1.95. The lowest BCUT2D eigenvalue weighted by molar-refractivity contribution is 0.673. The lowest BCUT2D eigenvalue weighted by atomic mass is 9.99. The van der Waals surface area contributed by atoms with Crippen LogP contribution in [-0.4, -0.2) is 14.4 Å². The zero-order chi connectivity index (χ0) is 32.5. The number of furan rings is 1. The Kier molecular flexibility index (Phi) is 4.94. The number of fused-ring (bicyclic) bond motifs is 13. The van der Waals surface area contributed by atoms with Crippen molar-refractivity contribution in [2.24, 2.45) is 0 Å². The van der Waals surface area contributed by atoms with Crippen LogP contribution in [0.25, 0.3) is 115 Å². The second kappa shape index (κ2) is 9.43. The summed E-state index contributed by atoms with van der Waals surface area (Å²) in [6.45, 7) is 0. The molecule has 50 heavy (non-hydrogen) atoms. The molecule has 0 saturated carbocycles. The van der Waals surface area contributed by atoms with Crippen molar-refractivity contribution in [1.29, 1.82) is 0 Å². The van der Waals surface area contributed by atoms with Crippen molar-refractivity contribution < 1.29 is 4.42 Å². The summed E-state index contributed by atoms with van der Waals surface area (Å²) in [5.41, 5.74) is 9.32. The fourth-order valence-electron chi connectivity index (χ4n) is 8.46. The van der Waals surface area contributed by atoms with E-state index in [0.717, 1.165) is 66.0 Å². The Bertz CT molecular complexity index is 3380. The summed E-state index contributed by atoms with van der Waals surface area (Å²) in [5, 5.41) is 12.9. The molecule has 0 N–H and O–H groups in total. The molecule has 0 spiro atoms. The Morgan fingerprint density at radius 2 is 1.20 bits per heavy atom. The number of nitrogens with zero attached hydrogens (tertiary/aromatic N) is 3. The average Bonchev–Trinajstić information content (AvgIpc) is 3.81. The van der Waals surface area contributed by atoms with Gasteiger partial charge in [-0.3, -0.25) is 0 Å². The van der Waals surface area contributed by atoms with E-state index in [0.29, 0.717) is 5.82 Å². The van der Waals surface area contributed by atoms with E-state index in [1.54, 1.807) is 0 Å². The fraction of sp³-hybridized carbons (Fsp3) is 0. The van der Waals surface area contributed by atoms with Crippen molar-refractivity contribution in [3.8, 4) is 22.6 Å². The molecule has 0 atom stereocenters. The molecule has 0 aliphatic carbocycles. The third kappa shape index (κ3) is 3.39. The van der Waals surface area contributed by atoms with Crippen molar-refractivity contribution in [2.75, 3.05) is 0 Å². The number of hydrogen-bond acceptors (Lipinski definition) is 3. The molecule has 4 heteroatoms. The molecule has 0 saturated heterocycles. The molecule has 8 aromatic carbocycles. The number of para-hydroxylation sites is 2. The monoisotopic (exact) mass is 635 g/mol. The zero-order valence-corrected chi connectivity index (χ0v) is 26.7. The number of benzene rings is 8. The Morgan fingerprint density at radius 1 is 0.460 bits per heavy atom. The van der Waals surface area contributed by atoms with E-state index in [-0.39, 0.29) is 0 Å². The Morgan fingerprint density at radius 3 is 2.12 bits per heavy atom. The highest BCUT2D eigenvalue weighted by atomic mass is 16.3. The summed E-state index contributed by atoms with van der Waals surface area (Å²) in [6, 6.07) is 54.0. The van der Waals surface area contributed by atoms with Crippen LogP contribution in [0.5, 0.6) is 0 Å². The maximum absolute atomic E-state index is 6.76. The Hall–Kier alpha value is -6.78. The summed E-state index contributed by atoms with van der Waals surface area (Å²) in [4.78, 5) is 10.4. The van der Waals surface area contributed by atoms with E-state index in [1.807, 2.05) is 6.07 Å². The van der Waals surface area contributed by atoms with Gasteiger partial charge in [0.1, 0.15) is 11.1 Å². The Balaban J connectivity index is 1.13. The summed E-state index contributed by atoms with van der Waals surface area (Å²) in [5.74, 6) is 0.711. The number of rotatable bonds is 2.